The second-order valence-electron chi connectivity index (χ2n) is 4.19. The minimum atomic E-state index is -0.391. The Kier molecular flexibility index (Phi) is 4.93. The summed E-state index contributed by atoms with van der Waals surface area (Å²) in [5.41, 5.74) is 7.05. The lowest BCUT2D eigenvalue weighted by Gasteiger charge is -2.15. The van der Waals surface area contributed by atoms with Crippen LogP contribution in [0.3, 0.4) is 0 Å². The van der Waals surface area contributed by atoms with Crippen LogP contribution in [0.25, 0.3) is 0 Å². The van der Waals surface area contributed by atoms with Crippen molar-refractivity contribution >= 4 is 11.6 Å². The predicted molar refractivity (Wildman–Crippen MR) is 78.5 cm³/mol. The van der Waals surface area contributed by atoms with E-state index in [9.17, 15) is 0 Å². The van der Waals surface area contributed by atoms with Crippen molar-refractivity contribution in [2.45, 2.75) is 19.9 Å². The summed E-state index contributed by atoms with van der Waals surface area (Å²) in [5, 5.41) is 0.325. The largest absolute Gasteiger partial charge is 0.490 e. The molecule has 1 atom stereocenters. The molecule has 2 aromatic rings. The standard InChI is InChI=1S/C15H18ClNO3/c1-3-18-11-6-5-10(9-13(11)19-4-2)15(17)12-7-8-14(16)20-12/h5-9,15H,3-4,17H2,1-2H3. The number of nitrogens with two attached hydrogens (primary N) is 1. The Bertz CT molecular complexity index is 568. The molecular weight excluding hydrogens is 278 g/mol. The van der Waals surface area contributed by atoms with E-state index in [1.165, 1.54) is 0 Å². The first kappa shape index (κ1) is 14.8. The van der Waals surface area contributed by atoms with Crippen LogP contribution in [-0.4, -0.2) is 13.2 Å². The van der Waals surface area contributed by atoms with Crippen molar-refractivity contribution in [3.05, 3.63) is 46.9 Å². The van der Waals surface area contributed by atoms with E-state index in [1.54, 1.807) is 12.1 Å². The minimum absolute atomic E-state index is 0.325. The third kappa shape index (κ3) is 3.26. The topological polar surface area (TPSA) is 57.6 Å². The van der Waals surface area contributed by atoms with E-state index in [-0.39, 0.29) is 0 Å². The molecular formula is C15H18ClNO3. The van der Waals surface area contributed by atoms with Gasteiger partial charge in [0.05, 0.1) is 19.3 Å². The third-order valence-corrected chi connectivity index (χ3v) is 3.03. The first-order chi connectivity index (χ1) is 9.65. The predicted octanol–water partition coefficient (Wildman–Crippen LogP) is 3.78. The number of halogens is 1. The van der Waals surface area contributed by atoms with Crippen molar-refractivity contribution < 1.29 is 13.9 Å². The Morgan fingerprint density at radius 2 is 1.80 bits per heavy atom. The van der Waals surface area contributed by atoms with Crippen LogP contribution in [-0.2, 0) is 0 Å². The summed E-state index contributed by atoms with van der Waals surface area (Å²) >= 11 is 5.77. The lowest BCUT2D eigenvalue weighted by Crippen LogP contribution is -2.11. The maximum Gasteiger partial charge on any atom is 0.193 e. The summed E-state index contributed by atoms with van der Waals surface area (Å²) in [5.74, 6) is 2.00. The van der Waals surface area contributed by atoms with Crippen LogP contribution < -0.4 is 15.2 Å². The van der Waals surface area contributed by atoms with Gasteiger partial charge in [-0.3, -0.25) is 0 Å². The monoisotopic (exact) mass is 295 g/mol. The van der Waals surface area contributed by atoms with Crippen LogP contribution in [0.2, 0.25) is 5.22 Å². The zero-order valence-corrected chi connectivity index (χ0v) is 12.3. The zero-order valence-electron chi connectivity index (χ0n) is 11.6. The van der Waals surface area contributed by atoms with Gasteiger partial charge in [0.25, 0.3) is 0 Å². The summed E-state index contributed by atoms with van der Waals surface area (Å²) < 4.78 is 16.5. The molecule has 5 heteroatoms. The zero-order chi connectivity index (χ0) is 14.5. The maximum absolute atomic E-state index is 6.17. The SMILES string of the molecule is CCOc1ccc(C(N)c2ccc(Cl)o2)cc1OCC. The number of furan rings is 1. The van der Waals surface area contributed by atoms with Gasteiger partial charge in [0.1, 0.15) is 5.76 Å². The Morgan fingerprint density at radius 3 is 2.40 bits per heavy atom. The fraction of sp³-hybridized carbons (Fsp3) is 0.333. The number of rotatable bonds is 6. The molecule has 0 radical (unpaired) electrons. The summed E-state index contributed by atoms with van der Waals surface area (Å²) in [4.78, 5) is 0. The second-order valence-corrected chi connectivity index (χ2v) is 4.56. The van der Waals surface area contributed by atoms with Crippen LogP contribution in [0.4, 0.5) is 0 Å². The summed E-state index contributed by atoms with van der Waals surface area (Å²) in [6.45, 7) is 5.00. The van der Waals surface area contributed by atoms with Gasteiger partial charge in [-0.25, -0.2) is 0 Å². The maximum atomic E-state index is 6.17. The molecule has 0 saturated carbocycles. The molecule has 0 saturated heterocycles. The molecule has 20 heavy (non-hydrogen) atoms. The Labute approximate surface area is 123 Å². The van der Waals surface area contributed by atoms with Crippen molar-refractivity contribution in [1.82, 2.24) is 0 Å². The number of ether oxygens (including phenoxy) is 2. The Balaban J connectivity index is 2.29. The molecule has 1 aromatic carbocycles. The Hall–Kier alpha value is -1.65. The van der Waals surface area contributed by atoms with Crippen LogP contribution in [0, 0.1) is 0 Å². The number of hydrogen-bond acceptors (Lipinski definition) is 4. The van der Waals surface area contributed by atoms with E-state index < -0.39 is 6.04 Å². The molecule has 2 rings (SSSR count). The molecule has 108 valence electrons. The van der Waals surface area contributed by atoms with Crippen LogP contribution in [0.1, 0.15) is 31.2 Å². The van der Waals surface area contributed by atoms with Gasteiger partial charge in [-0.2, -0.15) is 0 Å². The van der Waals surface area contributed by atoms with Gasteiger partial charge in [0, 0.05) is 0 Å². The summed E-state index contributed by atoms with van der Waals surface area (Å²) in [7, 11) is 0. The third-order valence-electron chi connectivity index (χ3n) is 2.83. The first-order valence-corrected chi connectivity index (χ1v) is 6.93. The van der Waals surface area contributed by atoms with E-state index in [4.69, 9.17) is 31.2 Å². The molecule has 0 fully saturated rings. The fourth-order valence-electron chi connectivity index (χ4n) is 1.92. The highest BCUT2D eigenvalue weighted by molar-refractivity contribution is 6.28. The highest BCUT2D eigenvalue weighted by Gasteiger charge is 2.16. The smallest absolute Gasteiger partial charge is 0.193 e. The van der Waals surface area contributed by atoms with Gasteiger partial charge in [0.15, 0.2) is 16.7 Å². The van der Waals surface area contributed by atoms with Crippen molar-refractivity contribution in [3.63, 3.8) is 0 Å². The molecule has 0 spiro atoms. The molecule has 1 unspecified atom stereocenters. The average Bonchev–Trinajstić information content (AvgIpc) is 2.87. The summed E-state index contributed by atoms with van der Waals surface area (Å²) in [6, 6.07) is 8.68. The molecule has 2 N–H and O–H groups in total. The summed E-state index contributed by atoms with van der Waals surface area (Å²) in [6.07, 6.45) is 0. The van der Waals surface area contributed by atoms with E-state index in [0.29, 0.717) is 35.7 Å². The molecule has 1 heterocycles. The van der Waals surface area contributed by atoms with Crippen LogP contribution in [0.5, 0.6) is 11.5 Å². The lowest BCUT2D eigenvalue weighted by atomic mass is 10.0. The molecule has 0 aliphatic carbocycles. The van der Waals surface area contributed by atoms with Gasteiger partial charge in [-0.1, -0.05) is 6.07 Å². The number of hydrogen-bond donors (Lipinski definition) is 1. The highest BCUT2D eigenvalue weighted by atomic mass is 35.5. The van der Waals surface area contributed by atoms with Gasteiger partial charge in [-0.15, -0.1) is 0 Å². The normalized spacial score (nSPS) is 12.2. The van der Waals surface area contributed by atoms with E-state index in [2.05, 4.69) is 0 Å². The fourth-order valence-corrected chi connectivity index (χ4v) is 2.07. The van der Waals surface area contributed by atoms with Crippen molar-refractivity contribution in [1.29, 1.82) is 0 Å². The van der Waals surface area contributed by atoms with E-state index in [1.807, 2.05) is 32.0 Å². The molecule has 4 nitrogen and oxygen atoms in total. The Morgan fingerprint density at radius 1 is 1.10 bits per heavy atom. The quantitative estimate of drug-likeness (QED) is 0.881. The van der Waals surface area contributed by atoms with Crippen molar-refractivity contribution in [2.75, 3.05) is 13.2 Å². The van der Waals surface area contributed by atoms with E-state index >= 15 is 0 Å². The first-order valence-electron chi connectivity index (χ1n) is 6.56. The van der Waals surface area contributed by atoms with Gasteiger partial charge in [0.2, 0.25) is 0 Å². The van der Waals surface area contributed by atoms with Crippen molar-refractivity contribution in [2.24, 2.45) is 5.73 Å². The van der Waals surface area contributed by atoms with Crippen LogP contribution >= 0.6 is 11.6 Å². The molecule has 0 aliphatic rings. The van der Waals surface area contributed by atoms with Gasteiger partial charge < -0.3 is 19.6 Å². The average molecular weight is 296 g/mol. The molecule has 0 amide bonds. The minimum Gasteiger partial charge on any atom is -0.490 e. The molecule has 0 aliphatic heterocycles. The number of benzene rings is 1. The van der Waals surface area contributed by atoms with E-state index in [0.717, 1.165) is 5.56 Å². The highest BCUT2D eigenvalue weighted by Crippen LogP contribution is 2.32. The van der Waals surface area contributed by atoms with Gasteiger partial charge in [-0.05, 0) is 55.3 Å². The van der Waals surface area contributed by atoms with Gasteiger partial charge >= 0.3 is 0 Å². The lowest BCUT2D eigenvalue weighted by molar-refractivity contribution is 0.287. The van der Waals surface area contributed by atoms with Crippen LogP contribution in [0.15, 0.2) is 34.7 Å². The molecule has 0 bridgehead atoms. The second kappa shape index (κ2) is 6.68. The van der Waals surface area contributed by atoms with Crippen molar-refractivity contribution in [3.8, 4) is 11.5 Å². The molecule has 1 aromatic heterocycles.